The molecular weight excluding hydrogens is 478 g/mol. The van der Waals surface area contributed by atoms with Crippen LogP contribution in [0.5, 0.6) is 0 Å². The van der Waals surface area contributed by atoms with Crippen molar-refractivity contribution in [3.63, 3.8) is 0 Å². The number of sulfone groups is 1. The van der Waals surface area contributed by atoms with Crippen molar-refractivity contribution in [2.75, 3.05) is 18.8 Å². The van der Waals surface area contributed by atoms with Gasteiger partial charge in [0.1, 0.15) is 5.82 Å². The zero-order valence-electron chi connectivity index (χ0n) is 17.5. The minimum atomic E-state index is -3.43. The molecule has 0 spiro atoms. The molecule has 166 valence electrons. The first-order valence-electron chi connectivity index (χ1n) is 10.9. The Hall–Kier alpha value is -1.93. The van der Waals surface area contributed by atoms with Crippen molar-refractivity contribution >= 4 is 37.8 Å². The van der Waals surface area contributed by atoms with E-state index in [9.17, 15) is 13.2 Å². The Labute approximate surface area is 192 Å². The van der Waals surface area contributed by atoms with Gasteiger partial charge in [-0.1, -0.05) is 28.1 Å². The number of amides is 1. The Morgan fingerprint density at radius 2 is 1.87 bits per heavy atom. The summed E-state index contributed by atoms with van der Waals surface area (Å²) in [5.41, 5.74) is 2.12. The van der Waals surface area contributed by atoms with E-state index < -0.39 is 9.84 Å². The number of carbonyl (C=O) groups is 1. The van der Waals surface area contributed by atoms with Crippen molar-refractivity contribution in [1.82, 2.24) is 14.5 Å². The van der Waals surface area contributed by atoms with E-state index in [0.29, 0.717) is 19.0 Å². The molecular formula is C23H28BrN3O3S. The van der Waals surface area contributed by atoms with Crippen molar-refractivity contribution in [2.24, 2.45) is 0 Å². The summed E-state index contributed by atoms with van der Waals surface area (Å²) in [5, 5.41) is 1.21. The lowest BCUT2D eigenvalue weighted by molar-refractivity contribution is -0.131. The number of aromatic nitrogens is 2. The van der Waals surface area contributed by atoms with E-state index in [2.05, 4.69) is 25.5 Å². The summed E-state index contributed by atoms with van der Waals surface area (Å²) in [7, 11) is -3.43. The fourth-order valence-electron chi connectivity index (χ4n) is 4.40. The average molecular weight is 506 g/mol. The monoisotopic (exact) mass is 505 g/mol. The molecule has 31 heavy (non-hydrogen) atoms. The molecule has 4 rings (SSSR count). The van der Waals surface area contributed by atoms with E-state index in [-0.39, 0.29) is 18.1 Å². The Morgan fingerprint density at radius 3 is 2.61 bits per heavy atom. The second-order valence-electron chi connectivity index (χ2n) is 8.33. The smallest absolute Gasteiger partial charge is 0.223 e. The highest BCUT2D eigenvalue weighted by molar-refractivity contribution is 9.10. The second-order valence-corrected chi connectivity index (χ2v) is 11.3. The van der Waals surface area contributed by atoms with Gasteiger partial charge in [-0.2, -0.15) is 0 Å². The van der Waals surface area contributed by atoms with Gasteiger partial charge >= 0.3 is 0 Å². The Kier molecular flexibility index (Phi) is 6.96. The zero-order chi connectivity index (χ0) is 21.8. The molecule has 0 unspecified atom stereocenters. The number of fused-ring (bicyclic) bond motifs is 1. The molecule has 6 nitrogen and oxygen atoms in total. The largest absolute Gasteiger partial charge is 0.343 e. The normalized spacial score (nSPS) is 17.8. The molecule has 3 heterocycles. The van der Waals surface area contributed by atoms with Crippen LogP contribution < -0.4 is 0 Å². The summed E-state index contributed by atoms with van der Waals surface area (Å²) >= 11 is 3.36. The summed E-state index contributed by atoms with van der Waals surface area (Å²) in [6.45, 7) is 2.41. The van der Waals surface area contributed by atoms with Crippen molar-refractivity contribution < 1.29 is 13.2 Å². The van der Waals surface area contributed by atoms with Crippen LogP contribution in [0.4, 0.5) is 0 Å². The van der Waals surface area contributed by atoms with Gasteiger partial charge in [-0.15, -0.1) is 0 Å². The third kappa shape index (κ3) is 5.66. The fourth-order valence-corrected chi connectivity index (χ4v) is 5.63. The van der Waals surface area contributed by atoms with Crippen LogP contribution >= 0.6 is 15.9 Å². The van der Waals surface area contributed by atoms with Crippen LogP contribution in [0.2, 0.25) is 0 Å². The number of rotatable bonds is 6. The molecule has 2 aliphatic rings. The van der Waals surface area contributed by atoms with Gasteiger partial charge in [0.15, 0.2) is 9.84 Å². The van der Waals surface area contributed by atoms with Crippen LogP contribution in [0.25, 0.3) is 6.08 Å². The van der Waals surface area contributed by atoms with Crippen LogP contribution in [0, 0.1) is 0 Å². The molecule has 1 saturated heterocycles. The summed E-state index contributed by atoms with van der Waals surface area (Å²) < 4.78 is 28.0. The number of likely N-dealkylation sites (tertiary alicyclic amines) is 1. The third-order valence-electron chi connectivity index (χ3n) is 6.21. The van der Waals surface area contributed by atoms with E-state index >= 15 is 0 Å². The lowest BCUT2D eigenvalue weighted by Crippen LogP contribution is -2.39. The van der Waals surface area contributed by atoms with Crippen LogP contribution in [-0.2, 0) is 27.6 Å². The number of hydrogen-bond donors (Lipinski definition) is 0. The van der Waals surface area contributed by atoms with Crippen molar-refractivity contribution in [3.05, 3.63) is 57.4 Å². The van der Waals surface area contributed by atoms with E-state index in [4.69, 9.17) is 0 Å². The molecule has 0 aliphatic carbocycles. The third-order valence-corrected chi connectivity index (χ3v) is 8.06. The van der Waals surface area contributed by atoms with Crippen LogP contribution in [0.1, 0.15) is 55.1 Å². The Balaban J connectivity index is 1.27. The molecule has 2 aromatic rings. The van der Waals surface area contributed by atoms with E-state index in [1.165, 1.54) is 29.8 Å². The molecule has 0 N–H and O–H groups in total. The Bertz CT molecular complexity index is 1050. The highest BCUT2D eigenvalue weighted by atomic mass is 79.9. The molecule has 1 fully saturated rings. The molecule has 0 bridgehead atoms. The lowest BCUT2D eigenvalue weighted by Gasteiger charge is -2.33. The fraction of sp³-hybridized carbons (Fsp3) is 0.478. The highest BCUT2D eigenvalue weighted by Crippen LogP contribution is 2.30. The SMILES string of the molecule is O=C(CCS(=O)(=O)C=Cc1ccc(Br)cc1)N1CCC(c2cnc3n2CCCC3)CC1. The minimum absolute atomic E-state index is 0.0275. The van der Waals surface area contributed by atoms with Gasteiger partial charge in [-0.05, 0) is 49.5 Å². The zero-order valence-corrected chi connectivity index (χ0v) is 19.9. The van der Waals surface area contributed by atoms with Gasteiger partial charge in [0, 0.05) is 60.2 Å². The first-order chi connectivity index (χ1) is 14.9. The topological polar surface area (TPSA) is 72.3 Å². The number of hydrogen-bond acceptors (Lipinski definition) is 4. The first kappa shape index (κ1) is 22.3. The molecule has 2 aliphatic heterocycles. The van der Waals surface area contributed by atoms with Crippen molar-refractivity contribution in [1.29, 1.82) is 0 Å². The van der Waals surface area contributed by atoms with Gasteiger partial charge in [-0.3, -0.25) is 4.79 Å². The first-order valence-corrected chi connectivity index (χ1v) is 13.4. The predicted molar refractivity (Wildman–Crippen MR) is 125 cm³/mol. The van der Waals surface area contributed by atoms with Crippen molar-refractivity contribution in [3.8, 4) is 0 Å². The van der Waals surface area contributed by atoms with Crippen LogP contribution in [0.3, 0.4) is 0 Å². The van der Waals surface area contributed by atoms with E-state index in [1.807, 2.05) is 35.4 Å². The summed E-state index contributed by atoms with van der Waals surface area (Å²) in [6.07, 6.45) is 8.92. The van der Waals surface area contributed by atoms with Gasteiger partial charge in [0.2, 0.25) is 5.91 Å². The maximum Gasteiger partial charge on any atom is 0.223 e. The number of aryl methyl sites for hydroxylation is 1. The van der Waals surface area contributed by atoms with Gasteiger partial charge in [-0.25, -0.2) is 13.4 Å². The average Bonchev–Trinajstić information content (AvgIpc) is 3.21. The number of nitrogens with zero attached hydrogens (tertiary/aromatic N) is 3. The standard InChI is InChI=1S/C23H28BrN3O3S/c24-20-6-4-18(5-7-20)10-15-31(29,30)16-11-23(28)26-13-8-19(9-14-26)21-17-25-22-3-1-2-12-27(21)22/h4-7,10,15,17,19H,1-3,8-9,11-14,16H2. The number of carbonyl (C=O) groups excluding carboxylic acids is 1. The molecule has 1 aromatic heterocycles. The predicted octanol–water partition coefficient (Wildman–Crippen LogP) is 4.16. The van der Waals surface area contributed by atoms with Crippen molar-refractivity contribution in [2.45, 2.75) is 51.0 Å². The van der Waals surface area contributed by atoms with Gasteiger partial charge < -0.3 is 9.47 Å². The second kappa shape index (κ2) is 9.69. The van der Waals surface area contributed by atoms with E-state index in [1.54, 1.807) is 6.08 Å². The van der Waals surface area contributed by atoms with E-state index in [0.717, 1.165) is 35.8 Å². The quantitative estimate of drug-likeness (QED) is 0.590. The maximum absolute atomic E-state index is 12.6. The molecule has 1 aromatic carbocycles. The number of benzene rings is 1. The number of piperidine rings is 1. The summed E-state index contributed by atoms with van der Waals surface area (Å²) in [5.74, 6) is 1.39. The summed E-state index contributed by atoms with van der Waals surface area (Å²) in [6, 6.07) is 7.39. The molecule has 0 atom stereocenters. The molecule has 1 amide bonds. The Morgan fingerprint density at radius 1 is 1.13 bits per heavy atom. The van der Waals surface area contributed by atoms with Crippen LogP contribution in [-0.4, -0.2) is 47.6 Å². The number of imidazole rings is 1. The summed E-state index contributed by atoms with van der Waals surface area (Å²) in [4.78, 5) is 19.0. The molecule has 8 heteroatoms. The lowest BCUT2D eigenvalue weighted by atomic mass is 9.93. The van der Waals surface area contributed by atoms with Gasteiger partial charge in [0.05, 0.1) is 5.75 Å². The number of halogens is 1. The highest BCUT2D eigenvalue weighted by Gasteiger charge is 2.27. The minimum Gasteiger partial charge on any atom is -0.343 e. The molecule has 0 saturated carbocycles. The molecule has 0 radical (unpaired) electrons. The van der Waals surface area contributed by atoms with Crippen LogP contribution in [0.15, 0.2) is 40.3 Å². The maximum atomic E-state index is 12.6. The van der Waals surface area contributed by atoms with Gasteiger partial charge in [0.25, 0.3) is 0 Å².